The van der Waals surface area contributed by atoms with Crippen molar-refractivity contribution in [2.45, 2.75) is 39.7 Å². The number of aryl methyl sites for hydroxylation is 1. The van der Waals surface area contributed by atoms with Crippen LogP contribution >= 0.6 is 0 Å². The second-order valence-corrected chi connectivity index (χ2v) is 7.94. The zero-order valence-electron chi connectivity index (χ0n) is 16.9. The highest BCUT2D eigenvalue weighted by Gasteiger charge is 2.53. The molecule has 2 heterocycles. The van der Waals surface area contributed by atoms with Crippen molar-refractivity contribution in [3.05, 3.63) is 47.0 Å². The number of aromatic nitrogens is 2. The number of H-pyrrole nitrogens is 1. The van der Waals surface area contributed by atoms with Crippen LogP contribution in [-0.4, -0.2) is 40.6 Å². The van der Waals surface area contributed by atoms with E-state index in [1.54, 1.807) is 40.0 Å². The molecule has 0 bridgehead atoms. The molecule has 0 aliphatic carbocycles. The standard InChI is InChI=1S/C20H27FN6O/c1-12-10-14(26-25-12)8-9-23-13-6-7-16(21)15(11-13)20(4)19(2,3)17(28)27(5)18(22)24-20/h6-7,10-11,23H,8-9H2,1-5H3,(H2,22,24)(H,25,26)/t20-/m1/s1. The molecule has 0 unspecified atom stereocenters. The number of hydrogen-bond donors (Lipinski definition) is 3. The van der Waals surface area contributed by atoms with E-state index in [9.17, 15) is 9.18 Å². The van der Waals surface area contributed by atoms with E-state index in [4.69, 9.17) is 5.73 Å². The molecule has 0 saturated heterocycles. The molecular formula is C20H27FN6O. The van der Waals surface area contributed by atoms with E-state index in [2.05, 4.69) is 20.5 Å². The number of anilines is 1. The highest BCUT2D eigenvalue weighted by molar-refractivity contribution is 6.01. The molecule has 3 rings (SSSR count). The van der Waals surface area contributed by atoms with Crippen LogP contribution in [0, 0.1) is 18.2 Å². The molecule has 0 saturated carbocycles. The third-order valence-electron chi connectivity index (χ3n) is 5.71. The molecule has 28 heavy (non-hydrogen) atoms. The number of carbonyl (C=O) groups is 1. The lowest BCUT2D eigenvalue weighted by Gasteiger charge is -2.46. The van der Waals surface area contributed by atoms with Gasteiger partial charge in [0.2, 0.25) is 5.91 Å². The molecule has 1 aromatic carbocycles. The molecule has 0 spiro atoms. The molecule has 2 aromatic rings. The summed E-state index contributed by atoms with van der Waals surface area (Å²) in [7, 11) is 1.58. The number of carbonyl (C=O) groups excluding carboxylic acids is 1. The number of guanidine groups is 1. The molecule has 150 valence electrons. The SMILES string of the molecule is Cc1cc(CCNc2ccc(F)c([C@@]3(C)N=C(N)N(C)C(=O)C3(C)C)c2)[nH]n1. The molecule has 0 fully saturated rings. The zero-order chi connectivity index (χ0) is 20.7. The third kappa shape index (κ3) is 3.23. The number of rotatable bonds is 5. The van der Waals surface area contributed by atoms with Crippen LogP contribution in [0.5, 0.6) is 0 Å². The predicted molar refractivity (Wildman–Crippen MR) is 107 cm³/mol. The van der Waals surface area contributed by atoms with Crippen molar-refractivity contribution in [1.82, 2.24) is 15.1 Å². The molecule has 1 amide bonds. The summed E-state index contributed by atoms with van der Waals surface area (Å²) >= 11 is 0. The van der Waals surface area contributed by atoms with Gasteiger partial charge in [0, 0.05) is 37.0 Å². The number of aromatic amines is 1. The molecule has 1 aliphatic heterocycles. The summed E-state index contributed by atoms with van der Waals surface area (Å²) in [5.41, 5.74) is 6.92. The second-order valence-electron chi connectivity index (χ2n) is 7.94. The first-order chi connectivity index (χ1) is 13.1. The number of aliphatic imine (C=N–C) groups is 1. The molecule has 8 heteroatoms. The summed E-state index contributed by atoms with van der Waals surface area (Å²) < 4.78 is 14.8. The first-order valence-electron chi connectivity index (χ1n) is 9.24. The fourth-order valence-corrected chi connectivity index (χ4v) is 3.53. The Morgan fingerprint density at radius 1 is 1.29 bits per heavy atom. The average molecular weight is 386 g/mol. The number of benzene rings is 1. The average Bonchev–Trinajstić information content (AvgIpc) is 3.05. The van der Waals surface area contributed by atoms with Gasteiger partial charge in [-0.15, -0.1) is 0 Å². The van der Waals surface area contributed by atoms with Crippen LogP contribution in [0.4, 0.5) is 10.1 Å². The summed E-state index contributed by atoms with van der Waals surface area (Å²) in [6.45, 7) is 7.86. The minimum absolute atomic E-state index is 0.0826. The van der Waals surface area contributed by atoms with Gasteiger partial charge >= 0.3 is 0 Å². The van der Waals surface area contributed by atoms with Gasteiger partial charge in [-0.1, -0.05) is 0 Å². The Kier molecular flexibility index (Phi) is 4.91. The van der Waals surface area contributed by atoms with Gasteiger partial charge in [-0.05, 0) is 52.0 Å². The maximum atomic E-state index is 14.8. The van der Waals surface area contributed by atoms with Crippen LogP contribution in [-0.2, 0) is 16.8 Å². The lowest BCUT2D eigenvalue weighted by molar-refractivity contribution is -0.140. The van der Waals surface area contributed by atoms with Gasteiger partial charge in [-0.2, -0.15) is 5.10 Å². The molecular weight excluding hydrogens is 359 g/mol. The fraction of sp³-hybridized carbons (Fsp3) is 0.450. The van der Waals surface area contributed by atoms with Crippen LogP contribution in [0.1, 0.15) is 37.7 Å². The predicted octanol–water partition coefficient (Wildman–Crippen LogP) is 2.54. The first kappa shape index (κ1) is 19.9. The van der Waals surface area contributed by atoms with Gasteiger partial charge in [-0.3, -0.25) is 14.8 Å². The minimum Gasteiger partial charge on any atom is -0.385 e. The van der Waals surface area contributed by atoms with E-state index in [0.717, 1.165) is 23.5 Å². The summed E-state index contributed by atoms with van der Waals surface area (Å²) in [5, 5.41) is 10.4. The Balaban J connectivity index is 1.89. The minimum atomic E-state index is -1.12. The second kappa shape index (κ2) is 6.92. The van der Waals surface area contributed by atoms with Crippen molar-refractivity contribution in [2.24, 2.45) is 16.1 Å². The Morgan fingerprint density at radius 2 is 2.00 bits per heavy atom. The number of nitrogens with two attached hydrogens (primary N) is 1. The van der Waals surface area contributed by atoms with Crippen LogP contribution in [0.2, 0.25) is 0 Å². The molecule has 0 radical (unpaired) electrons. The van der Waals surface area contributed by atoms with Crippen LogP contribution in [0.15, 0.2) is 29.3 Å². The smallest absolute Gasteiger partial charge is 0.237 e. The van der Waals surface area contributed by atoms with E-state index in [-0.39, 0.29) is 11.9 Å². The van der Waals surface area contributed by atoms with Gasteiger partial charge in [-0.25, -0.2) is 9.38 Å². The third-order valence-corrected chi connectivity index (χ3v) is 5.71. The maximum Gasteiger partial charge on any atom is 0.237 e. The number of amides is 1. The zero-order valence-corrected chi connectivity index (χ0v) is 16.9. The lowest BCUT2D eigenvalue weighted by Crippen LogP contribution is -2.58. The van der Waals surface area contributed by atoms with Crippen molar-refractivity contribution in [3.63, 3.8) is 0 Å². The largest absolute Gasteiger partial charge is 0.385 e. The highest BCUT2D eigenvalue weighted by atomic mass is 19.1. The van der Waals surface area contributed by atoms with E-state index in [1.165, 1.54) is 11.0 Å². The van der Waals surface area contributed by atoms with Crippen molar-refractivity contribution in [3.8, 4) is 0 Å². The Labute approximate surface area is 164 Å². The van der Waals surface area contributed by atoms with Crippen molar-refractivity contribution >= 4 is 17.6 Å². The summed E-state index contributed by atoms with van der Waals surface area (Å²) in [6.07, 6.45) is 0.755. The first-order valence-corrected chi connectivity index (χ1v) is 9.24. The number of nitrogens with one attached hydrogen (secondary N) is 2. The van der Waals surface area contributed by atoms with Gasteiger partial charge < -0.3 is 11.1 Å². The van der Waals surface area contributed by atoms with Gasteiger partial charge in [0.1, 0.15) is 11.4 Å². The number of nitrogens with zero attached hydrogens (tertiary/aromatic N) is 3. The van der Waals surface area contributed by atoms with Gasteiger partial charge in [0.15, 0.2) is 5.96 Å². The molecule has 1 aliphatic rings. The summed E-state index contributed by atoms with van der Waals surface area (Å²) in [4.78, 5) is 18.6. The van der Waals surface area contributed by atoms with Crippen LogP contribution in [0.3, 0.4) is 0 Å². The van der Waals surface area contributed by atoms with Gasteiger partial charge in [0.05, 0.1) is 11.1 Å². The van der Waals surface area contributed by atoms with Gasteiger partial charge in [0.25, 0.3) is 0 Å². The van der Waals surface area contributed by atoms with Crippen molar-refractivity contribution < 1.29 is 9.18 Å². The monoisotopic (exact) mass is 386 g/mol. The van der Waals surface area contributed by atoms with Crippen molar-refractivity contribution in [2.75, 3.05) is 18.9 Å². The fourth-order valence-electron chi connectivity index (χ4n) is 3.53. The van der Waals surface area contributed by atoms with E-state index >= 15 is 0 Å². The number of halogens is 1. The van der Waals surface area contributed by atoms with E-state index in [1.807, 2.05) is 13.0 Å². The Bertz CT molecular complexity index is 935. The van der Waals surface area contributed by atoms with Crippen LogP contribution in [0.25, 0.3) is 0 Å². The van der Waals surface area contributed by atoms with E-state index in [0.29, 0.717) is 12.1 Å². The lowest BCUT2D eigenvalue weighted by atomic mass is 9.67. The molecule has 1 aromatic heterocycles. The maximum absolute atomic E-state index is 14.8. The normalized spacial score (nSPS) is 21.6. The highest BCUT2D eigenvalue weighted by Crippen LogP contribution is 2.47. The Morgan fingerprint density at radius 3 is 2.64 bits per heavy atom. The van der Waals surface area contributed by atoms with E-state index < -0.39 is 16.8 Å². The Hall–Kier alpha value is -2.90. The summed E-state index contributed by atoms with van der Waals surface area (Å²) in [5.74, 6) is -0.534. The molecule has 4 N–H and O–H groups in total. The molecule has 1 atom stereocenters. The number of hydrogen-bond acceptors (Lipinski definition) is 5. The molecule has 7 nitrogen and oxygen atoms in total. The topological polar surface area (TPSA) is 99.4 Å². The van der Waals surface area contributed by atoms with Crippen LogP contribution < -0.4 is 11.1 Å². The quantitative estimate of drug-likeness (QED) is 0.735. The summed E-state index contributed by atoms with van der Waals surface area (Å²) in [6, 6.07) is 6.78. The van der Waals surface area contributed by atoms with Crippen molar-refractivity contribution in [1.29, 1.82) is 0 Å².